The number of rotatable bonds is 5. The van der Waals surface area contributed by atoms with E-state index in [4.69, 9.17) is 0 Å². The summed E-state index contributed by atoms with van der Waals surface area (Å²) < 4.78 is 1.40. The third kappa shape index (κ3) is 2.45. The third-order valence-corrected chi connectivity index (χ3v) is 4.05. The first-order valence-corrected chi connectivity index (χ1v) is 6.88. The van der Waals surface area contributed by atoms with Crippen LogP contribution in [0.25, 0.3) is 10.1 Å². The van der Waals surface area contributed by atoms with Gasteiger partial charge in [0.25, 0.3) is 0 Å². The zero-order valence-corrected chi connectivity index (χ0v) is 10.8. The standard InChI is InChI=1S/C14H19NS/c1-3-7-12(15-4-2)14-10-11-8-5-6-9-13(11)16-14/h5-6,8-10,12,15H,3-4,7H2,1-2H3. The van der Waals surface area contributed by atoms with E-state index >= 15 is 0 Å². The average molecular weight is 233 g/mol. The van der Waals surface area contributed by atoms with E-state index < -0.39 is 0 Å². The highest BCUT2D eigenvalue weighted by molar-refractivity contribution is 7.19. The van der Waals surface area contributed by atoms with Crippen LogP contribution in [0.15, 0.2) is 30.3 Å². The van der Waals surface area contributed by atoms with Crippen LogP contribution < -0.4 is 5.32 Å². The van der Waals surface area contributed by atoms with Crippen LogP contribution in [0.4, 0.5) is 0 Å². The Morgan fingerprint density at radius 1 is 1.25 bits per heavy atom. The van der Waals surface area contributed by atoms with E-state index in [2.05, 4.69) is 49.5 Å². The van der Waals surface area contributed by atoms with E-state index in [1.54, 1.807) is 0 Å². The topological polar surface area (TPSA) is 12.0 Å². The van der Waals surface area contributed by atoms with E-state index in [1.807, 2.05) is 11.3 Å². The first-order chi connectivity index (χ1) is 7.85. The molecular weight excluding hydrogens is 214 g/mol. The van der Waals surface area contributed by atoms with Crippen molar-refractivity contribution in [2.24, 2.45) is 0 Å². The summed E-state index contributed by atoms with van der Waals surface area (Å²) in [6.45, 7) is 5.46. The molecule has 16 heavy (non-hydrogen) atoms. The lowest BCUT2D eigenvalue weighted by Crippen LogP contribution is -2.19. The molecule has 0 fully saturated rings. The molecule has 0 spiro atoms. The van der Waals surface area contributed by atoms with E-state index in [-0.39, 0.29) is 0 Å². The Morgan fingerprint density at radius 3 is 2.75 bits per heavy atom. The summed E-state index contributed by atoms with van der Waals surface area (Å²) >= 11 is 1.92. The van der Waals surface area contributed by atoms with Crippen LogP contribution in [-0.2, 0) is 0 Å². The van der Waals surface area contributed by atoms with Gasteiger partial charge in [0.2, 0.25) is 0 Å². The monoisotopic (exact) mass is 233 g/mol. The van der Waals surface area contributed by atoms with Gasteiger partial charge in [-0.3, -0.25) is 0 Å². The first-order valence-electron chi connectivity index (χ1n) is 6.07. The van der Waals surface area contributed by atoms with Crippen molar-refractivity contribution in [3.63, 3.8) is 0 Å². The Kier molecular flexibility index (Phi) is 3.97. The fraction of sp³-hybridized carbons (Fsp3) is 0.429. The molecule has 1 heterocycles. The first kappa shape index (κ1) is 11.6. The molecule has 1 aromatic carbocycles. The summed E-state index contributed by atoms with van der Waals surface area (Å²) in [4.78, 5) is 1.48. The van der Waals surface area contributed by atoms with Gasteiger partial charge in [0.15, 0.2) is 0 Å². The van der Waals surface area contributed by atoms with Gasteiger partial charge in [-0.05, 0) is 30.5 Å². The maximum absolute atomic E-state index is 3.57. The smallest absolute Gasteiger partial charge is 0.0415 e. The summed E-state index contributed by atoms with van der Waals surface area (Å²) in [5.74, 6) is 0. The quantitative estimate of drug-likeness (QED) is 0.809. The van der Waals surface area contributed by atoms with Gasteiger partial charge in [0.1, 0.15) is 0 Å². The molecule has 0 radical (unpaired) electrons. The highest BCUT2D eigenvalue weighted by Crippen LogP contribution is 2.31. The molecule has 0 saturated carbocycles. The number of benzene rings is 1. The van der Waals surface area contributed by atoms with Crippen molar-refractivity contribution in [3.8, 4) is 0 Å². The summed E-state index contributed by atoms with van der Waals surface area (Å²) in [5, 5.41) is 4.95. The van der Waals surface area contributed by atoms with Gasteiger partial charge in [0.05, 0.1) is 0 Å². The summed E-state index contributed by atoms with van der Waals surface area (Å²) in [6, 6.07) is 11.5. The largest absolute Gasteiger partial charge is 0.310 e. The molecule has 2 rings (SSSR count). The molecule has 0 bridgehead atoms. The molecule has 1 unspecified atom stereocenters. The summed E-state index contributed by atoms with van der Waals surface area (Å²) in [6.07, 6.45) is 2.45. The molecule has 1 atom stereocenters. The van der Waals surface area contributed by atoms with Gasteiger partial charge >= 0.3 is 0 Å². The molecule has 0 aliphatic carbocycles. The van der Waals surface area contributed by atoms with Gasteiger partial charge < -0.3 is 5.32 Å². The molecule has 1 N–H and O–H groups in total. The highest BCUT2D eigenvalue weighted by atomic mass is 32.1. The van der Waals surface area contributed by atoms with Crippen molar-refractivity contribution >= 4 is 21.4 Å². The fourth-order valence-corrected chi connectivity index (χ4v) is 3.23. The minimum absolute atomic E-state index is 0.535. The van der Waals surface area contributed by atoms with E-state index in [9.17, 15) is 0 Å². The van der Waals surface area contributed by atoms with Crippen LogP contribution in [0.1, 0.15) is 37.6 Å². The lowest BCUT2D eigenvalue weighted by molar-refractivity contribution is 0.517. The molecule has 1 nitrogen and oxygen atoms in total. The number of hydrogen-bond donors (Lipinski definition) is 1. The van der Waals surface area contributed by atoms with Crippen molar-refractivity contribution in [3.05, 3.63) is 35.2 Å². The van der Waals surface area contributed by atoms with Crippen molar-refractivity contribution < 1.29 is 0 Å². The fourth-order valence-electron chi connectivity index (χ4n) is 2.05. The van der Waals surface area contributed by atoms with E-state index in [0.717, 1.165) is 6.54 Å². The summed E-state index contributed by atoms with van der Waals surface area (Å²) in [7, 11) is 0. The molecule has 2 heteroatoms. The number of hydrogen-bond acceptors (Lipinski definition) is 2. The van der Waals surface area contributed by atoms with Crippen LogP contribution in [0.5, 0.6) is 0 Å². The lowest BCUT2D eigenvalue weighted by atomic mass is 10.1. The van der Waals surface area contributed by atoms with Crippen LogP contribution in [0, 0.1) is 0 Å². The Morgan fingerprint density at radius 2 is 2.06 bits per heavy atom. The predicted molar refractivity (Wildman–Crippen MR) is 73.2 cm³/mol. The van der Waals surface area contributed by atoms with Gasteiger partial charge in [-0.25, -0.2) is 0 Å². The molecule has 1 aromatic heterocycles. The third-order valence-electron chi connectivity index (χ3n) is 2.82. The maximum atomic E-state index is 3.57. The van der Waals surface area contributed by atoms with Crippen LogP contribution >= 0.6 is 11.3 Å². The SMILES string of the molecule is CCCC(NCC)c1cc2ccccc2s1. The van der Waals surface area contributed by atoms with Crippen LogP contribution in [0.3, 0.4) is 0 Å². The normalized spacial score (nSPS) is 13.1. The average Bonchev–Trinajstić information content (AvgIpc) is 2.72. The van der Waals surface area contributed by atoms with Gasteiger partial charge in [-0.2, -0.15) is 0 Å². The van der Waals surface area contributed by atoms with Gasteiger partial charge in [-0.15, -0.1) is 11.3 Å². The molecular formula is C14H19NS. The van der Waals surface area contributed by atoms with E-state index in [0.29, 0.717) is 6.04 Å². The zero-order chi connectivity index (χ0) is 11.4. The second kappa shape index (κ2) is 5.46. The van der Waals surface area contributed by atoms with Crippen molar-refractivity contribution in [1.29, 1.82) is 0 Å². The maximum Gasteiger partial charge on any atom is 0.0415 e. The van der Waals surface area contributed by atoms with Crippen LogP contribution in [0.2, 0.25) is 0 Å². The number of nitrogens with one attached hydrogen (secondary N) is 1. The second-order valence-corrected chi connectivity index (χ2v) is 5.20. The second-order valence-electron chi connectivity index (χ2n) is 4.09. The highest BCUT2D eigenvalue weighted by Gasteiger charge is 2.11. The van der Waals surface area contributed by atoms with Gasteiger partial charge in [0, 0.05) is 15.6 Å². The minimum Gasteiger partial charge on any atom is -0.310 e. The summed E-state index contributed by atoms with van der Waals surface area (Å²) in [5.41, 5.74) is 0. The van der Waals surface area contributed by atoms with Crippen molar-refractivity contribution in [2.45, 2.75) is 32.7 Å². The predicted octanol–water partition coefficient (Wildman–Crippen LogP) is 4.35. The van der Waals surface area contributed by atoms with E-state index in [1.165, 1.54) is 27.8 Å². The zero-order valence-electron chi connectivity index (χ0n) is 9.99. The Balaban J connectivity index is 2.29. The minimum atomic E-state index is 0.535. The molecule has 0 aliphatic heterocycles. The van der Waals surface area contributed by atoms with Crippen LogP contribution in [-0.4, -0.2) is 6.54 Å². The lowest BCUT2D eigenvalue weighted by Gasteiger charge is -2.14. The van der Waals surface area contributed by atoms with Crippen molar-refractivity contribution in [2.75, 3.05) is 6.54 Å². The molecule has 0 saturated heterocycles. The molecule has 0 amide bonds. The molecule has 86 valence electrons. The number of thiophene rings is 1. The Hall–Kier alpha value is -0.860. The number of fused-ring (bicyclic) bond motifs is 1. The molecule has 2 aromatic rings. The molecule has 0 aliphatic rings. The Labute approximate surface area is 101 Å². The Bertz CT molecular complexity index is 408. The van der Waals surface area contributed by atoms with Gasteiger partial charge in [-0.1, -0.05) is 38.5 Å². The van der Waals surface area contributed by atoms with Crippen molar-refractivity contribution in [1.82, 2.24) is 5.32 Å².